The van der Waals surface area contributed by atoms with Crippen molar-refractivity contribution < 1.29 is 14.3 Å². The van der Waals surface area contributed by atoms with Crippen molar-refractivity contribution in [3.8, 4) is 11.5 Å². The summed E-state index contributed by atoms with van der Waals surface area (Å²) in [6.07, 6.45) is 1.30. The van der Waals surface area contributed by atoms with E-state index in [1.807, 2.05) is 36.4 Å². The predicted molar refractivity (Wildman–Crippen MR) is 84.2 cm³/mol. The van der Waals surface area contributed by atoms with Crippen molar-refractivity contribution >= 4 is 5.91 Å². The van der Waals surface area contributed by atoms with Gasteiger partial charge in [-0.2, -0.15) is 0 Å². The molecule has 2 aromatic carbocycles. The number of hydrogen-bond donors (Lipinski definition) is 1. The van der Waals surface area contributed by atoms with Crippen LogP contribution in [0, 0.1) is 0 Å². The van der Waals surface area contributed by atoms with Crippen LogP contribution in [-0.4, -0.2) is 19.6 Å². The summed E-state index contributed by atoms with van der Waals surface area (Å²) in [5.74, 6) is 1.74. The molecule has 0 spiro atoms. The molecule has 0 saturated heterocycles. The van der Waals surface area contributed by atoms with Crippen LogP contribution < -0.4 is 14.8 Å². The SMILES string of the molecule is COc1cccc(CC(=O)NCc2ccc3c(c2)CCO3)c1. The van der Waals surface area contributed by atoms with Crippen LogP contribution in [0.5, 0.6) is 11.5 Å². The van der Waals surface area contributed by atoms with E-state index in [9.17, 15) is 4.79 Å². The molecule has 0 radical (unpaired) electrons. The maximum Gasteiger partial charge on any atom is 0.224 e. The van der Waals surface area contributed by atoms with Gasteiger partial charge in [0.1, 0.15) is 11.5 Å². The van der Waals surface area contributed by atoms with Crippen LogP contribution in [0.1, 0.15) is 16.7 Å². The zero-order chi connectivity index (χ0) is 15.4. The first-order chi connectivity index (χ1) is 10.7. The molecule has 1 heterocycles. The van der Waals surface area contributed by atoms with Crippen LogP contribution in [-0.2, 0) is 24.2 Å². The number of carbonyl (C=O) groups excluding carboxylic acids is 1. The molecule has 22 heavy (non-hydrogen) atoms. The Hall–Kier alpha value is -2.49. The van der Waals surface area contributed by atoms with Crippen molar-refractivity contribution in [2.75, 3.05) is 13.7 Å². The van der Waals surface area contributed by atoms with Gasteiger partial charge in [-0.1, -0.05) is 24.3 Å². The van der Waals surface area contributed by atoms with E-state index in [0.717, 1.165) is 35.7 Å². The topological polar surface area (TPSA) is 47.6 Å². The zero-order valence-electron chi connectivity index (χ0n) is 12.6. The molecule has 4 nitrogen and oxygen atoms in total. The summed E-state index contributed by atoms with van der Waals surface area (Å²) in [6.45, 7) is 1.29. The Kier molecular flexibility index (Phi) is 4.28. The van der Waals surface area contributed by atoms with Crippen LogP contribution in [0.25, 0.3) is 0 Å². The second kappa shape index (κ2) is 6.52. The molecule has 0 bridgehead atoms. The summed E-state index contributed by atoms with van der Waals surface area (Å²) in [6, 6.07) is 13.6. The van der Waals surface area contributed by atoms with Gasteiger partial charge in [-0.3, -0.25) is 4.79 Å². The first-order valence-corrected chi connectivity index (χ1v) is 7.39. The zero-order valence-corrected chi connectivity index (χ0v) is 12.6. The molecule has 0 aromatic heterocycles. The summed E-state index contributed by atoms with van der Waals surface area (Å²) >= 11 is 0. The average molecular weight is 297 g/mol. The van der Waals surface area contributed by atoms with Gasteiger partial charge in [0.05, 0.1) is 20.1 Å². The molecule has 1 amide bonds. The number of amides is 1. The van der Waals surface area contributed by atoms with Gasteiger partial charge in [0.2, 0.25) is 5.91 Å². The first kappa shape index (κ1) is 14.4. The molecule has 0 unspecified atom stereocenters. The highest BCUT2D eigenvalue weighted by atomic mass is 16.5. The van der Waals surface area contributed by atoms with E-state index < -0.39 is 0 Å². The van der Waals surface area contributed by atoms with E-state index in [0.29, 0.717) is 13.0 Å². The van der Waals surface area contributed by atoms with Gasteiger partial charge < -0.3 is 14.8 Å². The third-order valence-corrected chi connectivity index (χ3v) is 3.74. The van der Waals surface area contributed by atoms with E-state index in [-0.39, 0.29) is 5.91 Å². The average Bonchev–Trinajstić information content (AvgIpc) is 3.00. The number of benzene rings is 2. The molecule has 114 valence electrons. The largest absolute Gasteiger partial charge is 0.497 e. The lowest BCUT2D eigenvalue weighted by molar-refractivity contribution is -0.120. The number of fused-ring (bicyclic) bond motifs is 1. The Balaban J connectivity index is 1.56. The monoisotopic (exact) mass is 297 g/mol. The Morgan fingerprint density at radius 1 is 1.23 bits per heavy atom. The normalized spacial score (nSPS) is 12.4. The maximum atomic E-state index is 12.0. The third kappa shape index (κ3) is 3.39. The minimum atomic E-state index is 0.00463. The standard InChI is InChI=1S/C18H19NO3/c1-21-16-4-2-3-13(10-16)11-18(20)19-12-14-5-6-17-15(9-14)7-8-22-17/h2-6,9-10H,7-8,11-12H2,1H3,(H,19,20). The fourth-order valence-electron chi connectivity index (χ4n) is 2.58. The van der Waals surface area contributed by atoms with E-state index in [1.54, 1.807) is 7.11 Å². The summed E-state index contributed by atoms with van der Waals surface area (Å²) in [5.41, 5.74) is 3.27. The van der Waals surface area contributed by atoms with Crippen molar-refractivity contribution in [3.05, 3.63) is 59.2 Å². The van der Waals surface area contributed by atoms with Crippen LogP contribution in [0.2, 0.25) is 0 Å². The highest BCUT2D eigenvalue weighted by molar-refractivity contribution is 5.78. The minimum absolute atomic E-state index is 0.00463. The number of carbonyl (C=O) groups is 1. The molecule has 0 aliphatic carbocycles. The summed E-state index contributed by atoms with van der Waals surface area (Å²) in [7, 11) is 1.62. The molecule has 2 aromatic rings. The van der Waals surface area contributed by atoms with Gasteiger partial charge in [0.15, 0.2) is 0 Å². The Morgan fingerprint density at radius 2 is 2.14 bits per heavy atom. The van der Waals surface area contributed by atoms with Crippen molar-refractivity contribution in [2.45, 2.75) is 19.4 Å². The Bertz CT molecular complexity index is 682. The highest BCUT2D eigenvalue weighted by Gasteiger charge is 2.12. The third-order valence-electron chi connectivity index (χ3n) is 3.74. The van der Waals surface area contributed by atoms with Crippen molar-refractivity contribution in [2.24, 2.45) is 0 Å². The van der Waals surface area contributed by atoms with Crippen LogP contribution in [0.4, 0.5) is 0 Å². The second-order valence-corrected chi connectivity index (χ2v) is 5.35. The quantitative estimate of drug-likeness (QED) is 0.922. The van der Waals surface area contributed by atoms with Crippen molar-refractivity contribution in [1.82, 2.24) is 5.32 Å². The number of rotatable bonds is 5. The van der Waals surface area contributed by atoms with Gasteiger partial charge in [0.25, 0.3) is 0 Å². The smallest absolute Gasteiger partial charge is 0.224 e. The first-order valence-electron chi connectivity index (χ1n) is 7.39. The van der Waals surface area contributed by atoms with Crippen LogP contribution in [0.15, 0.2) is 42.5 Å². The molecule has 4 heteroatoms. The molecule has 1 aliphatic rings. The highest BCUT2D eigenvalue weighted by Crippen LogP contribution is 2.25. The number of nitrogens with one attached hydrogen (secondary N) is 1. The van der Waals surface area contributed by atoms with E-state index in [1.165, 1.54) is 5.56 Å². The van der Waals surface area contributed by atoms with E-state index in [4.69, 9.17) is 9.47 Å². The van der Waals surface area contributed by atoms with Crippen LogP contribution in [0.3, 0.4) is 0 Å². The molecular weight excluding hydrogens is 278 g/mol. The summed E-state index contributed by atoms with van der Waals surface area (Å²) in [5, 5.41) is 2.96. The van der Waals surface area contributed by atoms with Gasteiger partial charge >= 0.3 is 0 Å². The molecular formula is C18H19NO3. The van der Waals surface area contributed by atoms with Gasteiger partial charge in [-0.05, 0) is 34.9 Å². The van der Waals surface area contributed by atoms with Crippen LogP contribution >= 0.6 is 0 Å². The van der Waals surface area contributed by atoms with Gasteiger partial charge in [0, 0.05) is 13.0 Å². The Labute approximate surface area is 130 Å². The molecule has 1 N–H and O–H groups in total. The van der Waals surface area contributed by atoms with Crippen molar-refractivity contribution in [3.63, 3.8) is 0 Å². The van der Waals surface area contributed by atoms with Gasteiger partial charge in [-0.15, -0.1) is 0 Å². The lowest BCUT2D eigenvalue weighted by atomic mass is 10.1. The molecule has 3 rings (SSSR count). The number of ether oxygens (including phenoxy) is 2. The van der Waals surface area contributed by atoms with Gasteiger partial charge in [-0.25, -0.2) is 0 Å². The van der Waals surface area contributed by atoms with Crippen molar-refractivity contribution in [1.29, 1.82) is 0 Å². The lowest BCUT2D eigenvalue weighted by Crippen LogP contribution is -2.24. The Morgan fingerprint density at radius 3 is 3.00 bits per heavy atom. The fraction of sp³-hybridized carbons (Fsp3) is 0.278. The second-order valence-electron chi connectivity index (χ2n) is 5.35. The lowest BCUT2D eigenvalue weighted by Gasteiger charge is -2.08. The molecule has 0 atom stereocenters. The van der Waals surface area contributed by atoms with E-state index in [2.05, 4.69) is 11.4 Å². The summed E-state index contributed by atoms with van der Waals surface area (Å²) in [4.78, 5) is 12.0. The molecule has 0 saturated carbocycles. The molecule has 1 aliphatic heterocycles. The predicted octanol–water partition coefficient (Wildman–Crippen LogP) is 2.49. The maximum absolute atomic E-state index is 12.0. The summed E-state index contributed by atoms with van der Waals surface area (Å²) < 4.78 is 10.6. The fourth-order valence-corrected chi connectivity index (χ4v) is 2.58. The molecule has 0 fully saturated rings. The number of methoxy groups -OCH3 is 1. The minimum Gasteiger partial charge on any atom is -0.497 e. The number of hydrogen-bond acceptors (Lipinski definition) is 3. The van der Waals surface area contributed by atoms with E-state index >= 15 is 0 Å².